The summed E-state index contributed by atoms with van der Waals surface area (Å²) in [6, 6.07) is 20.6. The molecule has 0 saturated carbocycles. The topological polar surface area (TPSA) is 177 Å². The molecule has 0 aliphatic heterocycles. The first-order valence-corrected chi connectivity index (χ1v) is 12.6. The first kappa shape index (κ1) is 31.0. The molecule has 0 spiro atoms. The lowest BCUT2D eigenvalue weighted by Gasteiger charge is -2.23. The molecule has 3 rings (SSSR count). The summed E-state index contributed by atoms with van der Waals surface area (Å²) in [6.07, 6.45) is -4.47. The van der Waals surface area contributed by atoms with E-state index in [0.29, 0.717) is 5.69 Å². The summed E-state index contributed by atoms with van der Waals surface area (Å²) in [5, 5.41) is 12.5. The van der Waals surface area contributed by atoms with Crippen LogP contribution in [0.15, 0.2) is 84.9 Å². The number of carboxylic acids is 1. The summed E-state index contributed by atoms with van der Waals surface area (Å²) in [5.74, 6) is -6.26. The van der Waals surface area contributed by atoms with Crippen LogP contribution in [0.1, 0.15) is 51.8 Å². The minimum absolute atomic E-state index is 0.00324. The zero-order chi connectivity index (χ0) is 30.9. The monoisotopic (exact) mass is 575 g/mol. The maximum Gasteiger partial charge on any atom is 0.349 e. The van der Waals surface area contributed by atoms with Gasteiger partial charge in [0.25, 0.3) is 11.8 Å². The quantitative estimate of drug-likeness (QED) is 0.221. The molecule has 0 aliphatic carbocycles. The molecule has 0 aliphatic rings. The predicted octanol–water partition coefficient (Wildman–Crippen LogP) is 2.97. The van der Waals surface area contributed by atoms with Crippen molar-refractivity contribution >= 4 is 41.3 Å². The lowest BCUT2D eigenvalue weighted by molar-refractivity contribution is -0.159. The van der Waals surface area contributed by atoms with E-state index in [1.54, 1.807) is 32.9 Å². The van der Waals surface area contributed by atoms with Gasteiger partial charge in [-0.2, -0.15) is 0 Å². The third-order valence-corrected chi connectivity index (χ3v) is 5.65. The fourth-order valence-corrected chi connectivity index (χ4v) is 3.29. The van der Waals surface area contributed by atoms with E-state index in [0.717, 1.165) is 0 Å². The maximum absolute atomic E-state index is 13.1. The van der Waals surface area contributed by atoms with Gasteiger partial charge in [-0.05, 0) is 48.5 Å². The number of hydrogen-bond acceptors (Lipinski definition) is 8. The first-order chi connectivity index (χ1) is 19.9. The van der Waals surface area contributed by atoms with Crippen LogP contribution >= 0.6 is 0 Å². The standard InChI is InChI=1S/C30H29N3O9/c1-30(2,3)29(40)31-21-16-14-18(15-17-21)24(34)32-33-25(35)22(41-27(38)19-10-6-4-7-11-19)23(26(36)37)42-28(39)20-12-8-5-9-13-20/h4-17,22-23H,1-3H3,(H,31,40)(H,32,34)(H,33,35)(H,36,37)/t22-,23-/m0/s1. The molecule has 2 atom stereocenters. The van der Waals surface area contributed by atoms with Crippen molar-refractivity contribution in [3.63, 3.8) is 0 Å². The predicted molar refractivity (Wildman–Crippen MR) is 149 cm³/mol. The number of carbonyl (C=O) groups is 6. The van der Waals surface area contributed by atoms with Gasteiger partial charge >= 0.3 is 17.9 Å². The summed E-state index contributed by atoms with van der Waals surface area (Å²) in [5.41, 5.74) is 3.99. The van der Waals surface area contributed by atoms with E-state index in [-0.39, 0.29) is 22.6 Å². The van der Waals surface area contributed by atoms with Crippen molar-refractivity contribution in [1.29, 1.82) is 0 Å². The van der Waals surface area contributed by atoms with E-state index < -0.39 is 47.3 Å². The van der Waals surface area contributed by atoms with Crippen molar-refractivity contribution in [2.45, 2.75) is 33.0 Å². The van der Waals surface area contributed by atoms with Gasteiger partial charge in [0.15, 0.2) is 0 Å². The van der Waals surface area contributed by atoms with Crippen LogP contribution in [-0.4, -0.2) is 52.9 Å². The van der Waals surface area contributed by atoms with Gasteiger partial charge < -0.3 is 19.9 Å². The van der Waals surface area contributed by atoms with Crippen molar-refractivity contribution in [2.24, 2.45) is 5.41 Å². The molecule has 0 radical (unpaired) electrons. The number of esters is 2. The molecule has 4 N–H and O–H groups in total. The van der Waals surface area contributed by atoms with Crippen LogP contribution in [-0.2, 0) is 23.9 Å². The third-order valence-electron chi connectivity index (χ3n) is 5.65. The fourth-order valence-electron chi connectivity index (χ4n) is 3.29. The Morgan fingerprint density at radius 3 is 1.57 bits per heavy atom. The second kappa shape index (κ2) is 13.7. The van der Waals surface area contributed by atoms with E-state index in [1.807, 2.05) is 5.43 Å². The molecule has 0 bridgehead atoms. The molecule has 12 heteroatoms. The Morgan fingerprint density at radius 1 is 0.643 bits per heavy atom. The number of nitrogens with one attached hydrogen (secondary N) is 3. The van der Waals surface area contributed by atoms with Crippen molar-refractivity contribution in [1.82, 2.24) is 10.9 Å². The zero-order valence-electron chi connectivity index (χ0n) is 23.0. The van der Waals surface area contributed by atoms with E-state index in [4.69, 9.17) is 9.47 Å². The number of aliphatic carboxylic acids is 1. The number of ether oxygens (including phenoxy) is 2. The number of carboxylic acid groups (broad SMARTS) is 1. The average molecular weight is 576 g/mol. The second-order valence-electron chi connectivity index (χ2n) is 9.95. The molecule has 0 aromatic heterocycles. The summed E-state index contributed by atoms with van der Waals surface area (Å²) in [7, 11) is 0. The van der Waals surface area contributed by atoms with Crippen LogP contribution in [0.4, 0.5) is 5.69 Å². The number of anilines is 1. The van der Waals surface area contributed by atoms with Gasteiger partial charge in [-0.1, -0.05) is 57.2 Å². The van der Waals surface area contributed by atoms with E-state index in [2.05, 4.69) is 10.7 Å². The summed E-state index contributed by atoms with van der Waals surface area (Å²) in [6.45, 7) is 5.23. The number of benzene rings is 3. The lowest BCUT2D eigenvalue weighted by Crippen LogP contribution is -2.54. The Kier molecular flexibility index (Phi) is 10.1. The highest BCUT2D eigenvalue weighted by atomic mass is 16.6. The number of hydrogen-bond donors (Lipinski definition) is 4. The largest absolute Gasteiger partial charge is 0.478 e. The Hall–Kier alpha value is -5.52. The SMILES string of the molecule is CC(C)(C)C(=O)Nc1ccc(C(=O)NNC(=O)[C@@H](OC(=O)c2ccccc2)[C@H](OC(=O)c2ccccc2)C(=O)O)cc1. The molecule has 218 valence electrons. The first-order valence-electron chi connectivity index (χ1n) is 12.6. The highest BCUT2D eigenvalue weighted by Gasteiger charge is 2.41. The van der Waals surface area contributed by atoms with Gasteiger partial charge in [0.1, 0.15) is 0 Å². The van der Waals surface area contributed by atoms with Crippen LogP contribution in [0.2, 0.25) is 0 Å². The van der Waals surface area contributed by atoms with Gasteiger partial charge in [-0.15, -0.1) is 0 Å². The van der Waals surface area contributed by atoms with Crippen molar-refractivity contribution < 1.29 is 43.3 Å². The number of amides is 3. The van der Waals surface area contributed by atoms with E-state index >= 15 is 0 Å². The Balaban J connectivity index is 1.76. The van der Waals surface area contributed by atoms with Crippen LogP contribution < -0.4 is 16.2 Å². The number of carbonyl (C=O) groups excluding carboxylic acids is 5. The molecule has 0 unspecified atom stereocenters. The number of hydrazine groups is 1. The molecule has 12 nitrogen and oxygen atoms in total. The van der Waals surface area contributed by atoms with Gasteiger partial charge in [-0.3, -0.25) is 25.2 Å². The van der Waals surface area contributed by atoms with Crippen LogP contribution in [0.5, 0.6) is 0 Å². The molecule has 3 amide bonds. The summed E-state index contributed by atoms with van der Waals surface area (Å²) in [4.78, 5) is 75.3. The van der Waals surface area contributed by atoms with E-state index in [9.17, 15) is 33.9 Å². The third kappa shape index (κ3) is 8.49. The van der Waals surface area contributed by atoms with Crippen molar-refractivity contribution in [3.05, 3.63) is 102 Å². The van der Waals surface area contributed by atoms with Gasteiger partial charge in [0.2, 0.25) is 18.1 Å². The number of rotatable bonds is 9. The van der Waals surface area contributed by atoms with Crippen LogP contribution in [0.25, 0.3) is 0 Å². The highest BCUT2D eigenvalue weighted by molar-refractivity contribution is 6.00. The smallest absolute Gasteiger partial charge is 0.349 e. The van der Waals surface area contributed by atoms with Gasteiger partial charge in [0.05, 0.1) is 11.1 Å². The maximum atomic E-state index is 13.1. The molecule has 0 fully saturated rings. The minimum atomic E-state index is -2.27. The van der Waals surface area contributed by atoms with Crippen LogP contribution in [0, 0.1) is 5.41 Å². The summed E-state index contributed by atoms with van der Waals surface area (Å²) < 4.78 is 10.2. The normalized spacial score (nSPS) is 12.2. The minimum Gasteiger partial charge on any atom is -0.478 e. The van der Waals surface area contributed by atoms with Gasteiger partial charge in [-0.25, -0.2) is 14.4 Å². The average Bonchev–Trinajstić information content (AvgIpc) is 2.97. The fraction of sp³-hybridized carbons (Fsp3) is 0.200. The Morgan fingerprint density at radius 2 is 1.12 bits per heavy atom. The van der Waals surface area contributed by atoms with Crippen LogP contribution in [0.3, 0.4) is 0 Å². The zero-order valence-corrected chi connectivity index (χ0v) is 23.0. The highest BCUT2D eigenvalue weighted by Crippen LogP contribution is 2.18. The molecule has 3 aromatic rings. The van der Waals surface area contributed by atoms with Gasteiger partial charge in [0, 0.05) is 16.7 Å². The second-order valence-corrected chi connectivity index (χ2v) is 9.95. The molecular formula is C30H29N3O9. The lowest BCUT2D eigenvalue weighted by atomic mass is 9.95. The summed E-state index contributed by atoms with van der Waals surface area (Å²) >= 11 is 0. The Bertz CT molecular complexity index is 1450. The molecule has 3 aromatic carbocycles. The van der Waals surface area contributed by atoms with E-state index in [1.165, 1.54) is 72.8 Å². The van der Waals surface area contributed by atoms with Crippen molar-refractivity contribution in [2.75, 3.05) is 5.32 Å². The molecular weight excluding hydrogens is 546 g/mol. The molecule has 42 heavy (non-hydrogen) atoms. The van der Waals surface area contributed by atoms with Crippen molar-refractivity contribution in [3.8, 4) is 0 Å². The molecule has 0 heterocycles. The Labute approximate surface area is 241 Å². The molecule has 0 saturated heterocycles.